The van der Waals surface area contributed by atoms with Crippen LogP contribution in [-0.2, 0) is 0 Å². The Morgan fingerprint density at radius 2 is 2.31 bits per heavy atom. The predicted molar refractivity (Wildman–Crippen MR) is 55.8 cm³/mol. The van der Waals surface area contributed by atoms with Crippen molar-refractivity contribution in [2.24, 2.45) is 0 Å². The van der Waals surface area contributed by atoms with Gasteiger partial charge >= 0.3 is 0 Å². The van der Waals surface area contributed by atoms with E-state index in [1.54, 1.807) is 0 Å². The fourth-order valence-electron chi connectivity index (χ4n) is 1.76. The maximum Gasteiger partial charge on any atom is 0.134 e. The number of aromatic hydroxyl groups is 1. The van der Waals surface area contributed by atoms with Gasteiger partial charge < -0.3 is 10.4 Å². The fourth-order valence-corrected chi connectivity index (χ4v) is 2.14. The molecule has 13 heavy (non-hydrogen) atoms. The van der Waals surface area contributed by atoms with Crippen LogP contribution in [0.2, 0.25) is 0 Å². The molecule has 1 aliphatic rings. The number of phenolic OH excluding ortho intramolecular Hbond substituents is 1. The van der Waals surface area contributed by atoms with Crippen molar-refractivity contribution in [2.75, 3.05) is 6.54 Å². The van der Waals surface area contributed by atoms with E-state index in [0.29, 0.717) is 11.8 Å². The first kappa shape index (κ1) is 9.03. The van der Waals surface area contributed by atoms with Gasteiger partial charge in [0.25, 0.3) is 0 Å². The molecule has 0 aromatic heterocycles. The molecule has 2 nitrogen and oxygen atoms in total. The highest BCUT2D eigenvalue weighted by molar-refractivity contribution is 9.10. The zero-order chi connectivity index (χ0) is 9.26. The molecule has 1 atom stereocenters. The van der Waals surface area contributed by atoms with Gasteiger partial charge in [-0.2, -0.15) is 0 Å². The van der Waals surface area contributed by atoms with Gasteiger partial charge in [-0.05, 0) is 41.4 Å². The molecule has 0 saturated carbocycles. The minimum absolute atomic E-state index is 0.331. The third kappa shape index (κ3) is 1.71. The molecule has 0 bridgehead atoms. The minimum atomic E-state index is 0.331. The Bertz CT molecular complexity index is 308. The molecule has 0 spiro atoms. The number of hydrogen-bond donors (Lipinski definition) is 2. The third-order valence-electron chi connectivity index (χ3n) is 2.45. The molecule has 3 heteroatoms. The van der Waals surface area contributed by atoms with Crippen LogP contribution < -0.4 is 5.32 Å². The normalized spacial score (nSPS) is 22.1. The number of hydrogen-bond acceptors (Lipinski definition) is 2. The molecule has 1 saturated heterocycles. The monoisotopic (exact) mass is 241 g/mol. The van der Waals surface area contributed by atoms with Crippen LogP contribution in [0.1, 0.15) is 24.4 Å². The largest absolute Gasteiger partial charge is 0.506 e. The highest BCUT2D eigenvalue weighted by Crippen LogP contribution is 2.34. The topological polar surface area (TPSA) is 32.3 Å². The van der Waals surface area contributed by atoms with Crippen LogP contribution in [0.5, 0.6) is 5.75 Å². The van der Waals surface area contributed by atoms with Crippen LogP contribution in [0.4, 0.5) is 0 Å². The number of benzene rings is 1. The molecule has 0 amide bonds. The number of halogens is 1. The van der Waals surface area contributed by atoms with E-state index in [0.717, 1.165) is 23.0 Å². The average molecular weight is 242 g/mol. The van der Waals surface area contributed by atoms with Crippen molar-refractivity contribution in [3.05, 3.63) is 28.2 Å². The van der Waals surface area contributed by atoms with Gasteiger partial charge in [-0.1, -0.05) is 12.1 Å². The summed E-state index contributed by atoms with van der Waals surface area (Å²) >= 11 is 3.32. The maximum absolute atomic E-state index is 9.77. The van der Waals surface area contributed by atoms with E-state index in [4.69, 9.17) is 0 Å². The zero-order valence-electron chi connectivity index (χ0n) is 7.26. The summed E-state index contributed by atoms with van der Waals surface area (Å²) in [6.45, 7) is 1.05. The van der Waals surface area contributed by atoms with Gasteiger partial charge in [-0.3, -0.25) is 0 Å². The van der Waals surface area contributed by atoms with Crippen LogP contribution in [0.15, 0.2) is 22.7 Å². The third-order valence-corrected chi connectivity index (χ3v) is 3.09. The van der Waals surface area contributed by atoms with Gasteiger partial charge in [0.2, 0.25) is 0 Å². The van der Waals surface area contributed by atoms with Crippen LogP contribution in [-0.4, -0.2) is 11.7 Å². The number of para-hydroxylation sites is 1. The summed E-state index contributed by atoms with van der Waals surface area (Å²) < 4.78 is 0.777. The molecular formula is C10H12BrNO. The number of nitrogens with one attached hydrogen (secondary N) is 1. The van der Waals surface area contributed by atoms with Gasteiger partial charge in [-0.25, -0.2) is 0 Å². The Morgan fingerprint density at radius 3 is 3.00 bits per heavy atom. The van der Waals surface area contributed by atoms with E-state index in [-0.39, 0.29) is 0 Å². The fraction of sp³-hybridized carbons (Fsp3) is 0.400. The van der Waals surface area contributed by atoms with Crippen LogP contribution >= 0.6 is 15.9 Å². The summed E-state index contributed by atoms with van der Waals surface area (Å²) in [7, 11) is 0. The summed E-state index contributed by atoms with van der Waals surface area (Å²) in [5.74, 6) is 0.377. The van der Waals surface area contributed by atoms with E-state index in [9.17, 15) is 5.11 Å². The molecule has 1 heterocycles. The van der Waals surface area contributed by atoms with Crippen LogP contribution in [0, 0.1) is 0 Å². The lowest BCUT2D eigenvalue weighted by Gasteiger charge is -2.12. The molecule has 2 N–H and O–H groups in total. The van der Waals surface area contributed by atoms with Crippen molar-refractivity contribution in [3.8, 4) is 5.75 Å². The van der Waals surface area contributed by atoms with Crippen molar-refractivity contribution in [3.63, 3.8) is 0 Å². The Hall–Kier alpha value is -0.540. The average Bonchev–Trinajstić information content (AvgIpc) is 2.62. The molecule has 1 aromatic carbocycles. The zero-order valence-corrected chi connectivity index (χ0v) is 8.84. The van der Waals surface area contributed by atoms with E-state index in [2.05, 4.69) is 21.2 Å². The summed E-state index contributed by atoms with van der Waals surface area (Å²) in [6.07, 6.45) is 2.31. The second kappa shape index (κ2) is 3.68. The molecule has 0 radical (unpaired) electrons. The van der Waals surface area contributed by atoms with E-state index < -0.39 is 0 Å². The number of rotatable bonds is 1. The first-order valence-corrected chi connectivity index (χ1v) is 5.29. The summed E-state index contributed by atoms with van der Waals surface area (Å²) in [4.78, 5) is 0. The van der Waals surface area contributed by atoms with E-state index in [1.165, 1.54) is 6.42 Å². The maximum atomic E-state index is 9.77. The van der Waals surface area contributed by atoms with Gasteiger partial charge in [0.15, 0.2) is 0 Å². The van der Waals surface area contributed by atoms with E-state index >= 15 is 0 Å². The highest BCUT2D eigenvalue weighted by Gasteiger charge is 2.19. The van der Waals surface area contributed by atoms with Gasteiger partial charge in [0, 0.05) is 11.6 Å². The van der Waals surface area contributed by atoms with Gasteiger partial charge in [0.1, 0.15) is 5.75 Å². The summed E-state index contributed by atoms with van der Waals surface area (Å²) in [5.41, 5.74) is 1.01. The molecule has 0 aliphatic carbocycles. The summed E-state index contributed by atoms with van der Waals surface area (Å²) in [6, 6.07) is 6.12. The lowest BCUT2D eigenvalue weighted by Crippen LogP contribution is -2.12. The molecular weight excluding hydrogens is 230 g/mol. The SMILES string of the molecule is Oc1c(Br)cccc1[C@@H]1CCCN1. The second-order valence-electron chi connectivity index (χ2n) is 3.33. The first-order chi connectivity index (χ1) is 6.29. The minimum Gasteiger partial charge on any atom is -0.506 e. The summed E-state index contributed by atoms with van der Waals surface area (Å²) in [5, 5.41) is 13.1. The standard InChI is InChI=1S/C10H12BrNO/c11-8-4-1-3-7(10(8)13)9-5-2-6-12-9/h1,3-4,9,12-13H,2,5-6H2/t9-/m0/s1. The van der Waals surface area contributed by atoms with Crippen molar-refractivity contribution < 1.29 is 5.11 Å². The van der Waals surface area contributed by atoms with Crippen molar-refractivity contribution in [2.45, 2.75) is 18.9 Å². The molecule has 0 unspecified atom stereocenters. The van der Waals surface area contributed by atoms with Gasteiger partial charge in [-0.15, -0.1) is 0 Å². The highest BCUT2D eigenvalue weighted by atomic mass is 79.9. The Kier molecular flexibility index (Phi) is 2.56. The van der Waals surface area contributed by atoms with Crippen molar-refractivity contribution >= 4 is 15.9 Å². The predicted octanol–water partition coefficient (Wildman–Crippen LogP) is 2.58. The van der Waals surface area contributed by atoms with Crippen LogP contribution in [0.3, 0.4) is 0 Å². The van der Waals surface area contributed by atoms with E-state index in [1.807, 2.05) is 18.2 Å². The second-order valence-corrected chi connectivity index (χ2v) is 4.18. The first-order valence-electron chi connectivity index (χ1n) is 4.50. The quantitative estimate of drug-likeness (QED) is 0.793. The molecule has 1 fully saturated rings. The molecule has 1 aliphatic heterocycles. The van der Waals surface area contributed by atoms with Gasteiger partial charge in [0.05, 0.1) is 4.47 Å². The number of phenols is 1. The molecule has 2 rings (SSSR count). The molecule has 70 valence electrons. The Labute approximate surface area is 86.1 Å². The van der Waals surface area contributed by atoms with Crippen molar-refractivity contribution in [1.82, 2.24) is 5.32 Å². The lowest BCUT2D eigenvalue weighted by atomic mass is 10.0. The van der Waals surface area contributed by atoms with Crippen molar-refractivity contribution in [1.29, 1.82) is 0 Å². The lowest BCUT2D eigenvalue weighted by molar-refractivity contribution is 0.453. The Balaban J connectivity index is 2.33. The van der Waals surface area contributed by atoms with Crippen LogP contribution in [0.25, 0.3) is 0 Å². The Morgan fingerprint density at radius 1 is 1.46 bits per heavy atom. The smallest absolute Gasteiger partial charge is 0.134 e. The molecule has 1 aromatic rings.